The lowest BCUT2D eigenvalue weighted by Crippen LogP contribution is -2.41. The van der Waals surface area contributed by atoms with Gasteiger partial charge in [-0.15, -0.1) is 0 Å². The van der Waals surface area contributed by atoms with Gasteiger partial charge in [0.25, 0.3) is 5.91 Å². The quantitative estimate of drug-likeness (QED) is 0.200. The van der Waals surface area contributed by atoms with Crippen LogP contribution >= 0.6 is 11.8 Å². The highest BCUT2D eigenvalue weighted by Gasteiger charge is 2.22. The highest BCUT2D eigenvalue weighted by Crippen LogP contribution is 2.30. The van der Waals surface area contributed by atoms with Crippen LogP contribution in [0.15, 0.2) is 97.1 Å². The number of carbonyl (C=O) groups is 2. The van der Waals surface area contributed by atoms with E-state index in [0.29, 0.717) is 17.7 Å². The lowest BCUT2D eigenvalue weighted by atomic mass is 9.92. The number of para-hydroxylation sites is 2. The van der Waals surface area contributed by atoms with Gasteiger partial charge in [-0.2, -0.15) is 11.8 Å². The molecule has 0 radical (unpaired) electrons. The van der Waals surface area contributed by atoms with E-state index in [2.05, 4.69) is 17.4 Å². The van der Waals surface area contributed by atoms with Gasteiger partial charge in [0.2, 0.25) is 0 Å². The molecule has 6 heteroatoms. The van der Waals surface area contributed by atoms with Crippen molar-refractivity contribution in [3.63, 3.8) is 0 Å². The molecule has 39 heavy (non-hydrogen) atoms. The fraction of sp³-hybridized carbons (Fsp3) is 0.212. The Morgan fingerprint density at radius 2 is 1.59 bits per heavy atom. The van der Waals surface area contributed by atoms with Crippen LogP contribution in [0, 0.1) is 6.92 Å². The number of ether oxygens (including phenoxy) is 1. The van der Waals surface area contributed by atoms with Crippen molar-refractivity contribution in [2.45, 2.75) is 32.2 Å². The summed E-state index contributed by atoms with van der Waals surface area (Å²) in [6, 6.07) is 30.6. The van der Waals surface area contributed by atoms with Gasteiger partial charge in [0.05, 0.1) is 0 Å². The predicted octanol–water partition coefficient (Wildman–Crippen LogP) is 7.18. The molecule has 1 atom stereocenters. The molecule has 0 aromatic heterocycles. The summed E-state index contributed by atoms with van der Waals surface area (Å²) in [6.45, 7) is 2.01. The molecule has 0 saturated carbocycles. The SMILES string of the molecule is CSCCC(NC(=O)c1ccc(CCc2ccccc2Oc2ccccc2)cc1-c1ccccc1C)C(=O)O. The van der Waals surface area contributed by atoms with E-state index < -0.39 is 12.0 Å². The Hall–Kier alpha value is -4.03. The third-order valence-corrected chi connectivity index (χ3v) is 7.25. The van der Waals surface area contributed by atoms with E-state index in [1.54, 1.807) is 11.8 Å². The van der Waals surface area contributed by atoms with Gasteiger partial charge in [0.15, 0.2) is 0 Å². The van der Waals surface area contributed by atoms with E-state index in [9.17, 15) is 14.7 Å². The number of aliphatic carboxylic acids is 1. The van der Waals surface area contributed by atoms with Crippen molar-refractivity contribution in [1.29, 1.82) is 0 Å². The zero-order chi connectivity index (χ0) is 27.6. The lowest BCUT2D eigenvalue weighted by Gasteiger charge is -2.18. The highest BCUT2D eigenvalue weighted by molar-refractivity contribution is 7.98. The number of hydrogen-bond donors (Lipinski definition) is 2. The van der Waals surface area contributed by atoms with Gasteiger partial charge in [-0.25, -0.2) is 4.79 Å². The van der Waals surface area contributed by atoms with E-state index in [1.807, 2.05) is 98.1 Å². The molecule has 4 aromatic carbocycles. The molecule has 0 fully saturated rings. The largest absolute Gasteiger partial charge is 0.480 e. The molecule has 0 aliphatic rings. The molecule has 0 aliphatic heterocycles. The van der Waals surface area contributed by atoms with Crippen molar-refractivity contribution in [3.8, 4) is 22.6 Å². The zero-order valence-corrected chi connectivity index (χ0v) is 23.0. The Kier molecular flexibility index (Phi) is 9.81. The molecule has 5 nitrogen and oxygen atoms in total. The molecule has 1 unspecified atom stereocenters. The second-order valence-electron chi connectivity index (χ2n) is 9.36. The van der Waals surface area contributed by atoms with Crippen LogP contribution in [0.25, 0.3) is 11.1 Å². The molecule has 4 aromatic rings. The van der Waals surface area contributed by atoms with Gasteiger partial charge in [-0.1, -0.05) is 72.8 Å². The predicted molar refractivity (Wildman–Crippen MR) is 159 cm³/mol. The number of aryl methyl sites for hydroxylation is 3. The van der Waals surface area contributed by atoms with E-state index in [0.717, 1.165) is 52.2 Å². The van der Waals surface area contributed by atoms with Gasteiger partial charge >= 0.3 is 5.97 Å². The Labute approximate surface area is 234 Å². The van der Waals surface area contributed by atoms with E-state index in [4.69, 9.17) is 4.74 Å². The fourth-order valence-corrected chi connectivity index (χ4v) is 4.95. The minimum atomic E-state index is -1.03. The van der Waals surface area contributed by atoms with Crippen molar-refractivity contribution in [1.82, 2.24) is 5.32 Å². The van der Waals surface area contributed by atoms with Crippen molar-refractivity contribution in [2.24, 2.45) is 0 Å². The average Bonchev–Trinajstić information content (AvgIpc) is 2.95. The Morgan fingerprint density at radius 1 is 0.872 bits per heavy atom. The standard InChI is InChI=1S/C33H33NO4S/c1-23-10-6-8-14-27(23)29-22-24(17-19-28(29)32(35)34-30(33(36)37)20-21-39-2)16-18-25-11-7-9-15-31(25)38-26-12-4-3-5-13-26/h3-15,17,19,22,30H,16,18,20-21H2,1-2H3,(H,34,35)(H,36,37). The summed E-state index contributed by atoms with van der Waals surface area (Å²) in [5, 5.41) is 12.4. The Bertz CT molecular complexity index is 1420. The minimum absolute atomic E-state index is 0.366. The normalized spacial score (nSPS) is 11.5. The van der Waals surface area contributed by atoms with Crippen molar-refractivity contribution >= 4 is 23.6 Å². The molecule has 4 rings (SSSR count). The molecule has 0 heterocycles. The maximum atomic E-state index is 13.3. The summed E-state index contributed by atoms with van der Waals surface area (Å²) in [5.41, 5.74) is 5.44. The molecule has 2 N–H and O–H groups in total. The van der Waals surface area contributed by atoms with Crippen LogP contribution in [0.4, 0.5) is 0 Å². The summed E-state index contributed by atoms with van der Waals surface area (Å²) < 4.78 is 6.14. The summed E-state index contributed by atoms with van der Waals surface area (Å²) in [4.78, 5) is 25.1. The number of rotatable bonds is 12. The molecule has 0 bridgehead atoms. The molecular weight excluding hydrogens is 506 g/mol. The van der Waals surface area contributed by atoms with Crippen LogP contribution in [0.5, 0.6) is 11.5 Å². The maximum absolute atomic E-state index is 13.3. The smallest absolute Gasteiger partial charge is 0.326 e. The van der Waals surface area contributed by atoms with E-state index in [1.165, 1.54) is 0 Å². The first-order chi connectivity index (χ1) is 19.0. The fourth-order valence-electron chi connectivity index (χ4n) is 4.48. The summed E-state index contributed by atoms with van der Waals surface area (Å²) >= 11 is 1.56. The summed E-state index contributed by atoms with van der Waals surface area (Å²) in [5.74, 6) is 0.858. The van der Waals surface area contributed by atoms with Gasteiger partial charge in [0.1, 0.15) is 17.5 Å². The number of carbonyl (C=O) groups excluding carboxylic acids is 1. The number of carboxylic acid groups (broad SMARTS) is 1. The van der Waals surface area contributed by atoms with Crippen LogP contribution in [0.1, 0.15) is 33.5 Å². The lowest BCUT2D eigenvalue weighted by molar-refractivity contribution is -0.139. The highest BCUT2D eigenvalue weighted by atomic mass is 32.2. The summed E-state index contributed by atoms with van der Waals surface area (Å²) in [7, 11) is 0. The third-order valence-electron chi connectivity index (χ3n) is 6.60. The average molecular weight is 540 g/mol. The van der Waals surface area contributed by atoms with Crippen molar-refractivity contribution < 1.29 is 19.4 Å². The summed E-state index contributed by atoms with van der Waals surface area (Å²) in [6.07, 6.45) is 3.80. The maximum Gasteiger partial charge on any atom is 0.326 e. The molecule has 1 amide bonds. The van der Waals surface area contributed by atoms with Gasteiger partial charge in [-0.3, -0.25) is 4.79 Å². The second kappa shape index (κ2) is 13.7. The van der Waals surface area contributed by atoms with Gasteiger partial charge in [0, 0.05) is 5.56 Å². The number of carboxylic acids is 1. The van der Waals surface area contributed by atoms with E-state index in [-0.39, 0.29) is 5.91 Å². The number of benzene rings is 4. The van der Waals surface area contributed by atoms with Crippen LogP contribution in [0.3, 0.4) is 0 Å². The number of hydrogen-bond acceptors (Lipinski definition) is 4. The van der Waals surface area contributed by atoms with Crippen LogP contribution in [0.2, 0.25) is 0 Å². The van der Waals surface area contributed by atoms with Gasteiger partial charge in [-0.05, 0) is 90.3 Å². The van der Waals surface area contributed by atoms with Crippen LogP contribution in [-0.4, -0.2) is 35.0 Å². The van der Waals surface area contributed by atoms with Crippen LogP contribution < -0.4 is 10.1 Å². The number of nitrogens with one attached hydrogen (secondary N) is 1. The molecule has 0 aliphatic carbocycles. The Morgan fingerprint density at radius 3 is 2.33 bits per heavy atom. The number of amides is 1. The first-order valence-corrected chi connectivity index (χ1v) is 14.4. The molecule has 0 spiro atoms. The van der Waals surface area contributed by atoms with Gasteiger partial charge < -0.3 is 15.2 Å². The minimum Gasteiger partial charge on any atom is -0.480 e. The van der Waals surface area contributed by atoms with Crippen molar-refractivity contribution in [3.05, 3.63) is 119 Å². The number of thioether (sulfide) groups is 1. The first-order valence-electron chi connectivity index (χ1n) is 13.0. The van der Waals surface area contributed by atoms with Crippen molar-refractivity contribution in [2.75, 3.05) is 12.0 Å². The Balaban J connectivity index is 1.60. The molecule has 0 saturated heterocycles. The second-order valence-corrected chi connectivity index (χ2v) is 10.3. The topological polar surface area (TPSA) is 75.6 Å². The zero-order valence-electron chi connectivity index (χ0n) is 22.2. The van der Waals surface area contributed by atoms with Crippen LogP contribution in [-0.2, 0) is 17.6 Å². The first kappa shape index (κ1) is 28.0. The monoisotopic (exact) mass is 539 g/mol. The molecule has 200 valence electrons. The molecular formula is C33H33NO4S. The third kappa shape index (κ3) is 7.52. The van der Waals surface area contributed by atoms with E-state index >= 15 is 0 Å².